The Morgan fingerprint density at radius 3 is 2.79 bits per heavy atom. The second kappa shape index (κ2) is 5.83. The molecule has 0 unspecified atom stereocenters. The van der Waals surface area contributed by atoms with Crippen LogP contribution in [0.4, 0.5) is 0 Å². The summed E-state index contributed by atoms with van der Waals surface area (Å²) in [6.45, 7) is 5.90. The molecular formula is C15H22ClN3. The van der Waals surface area contributed by atoms with Gasteiger partial charge in [0.15, 0.2) is 5.96 Å². The lowest BCUT2D eigenvalue weighted by atomic mass is 9.96. The summed E-state index contributed by atoms with van der Waals surface area (Å²) in [5, 5.41) is 3.94. The van der Waals surface area contributed by atoms with Crippen molar-refractivity contribution in [1.82, 2.24) is 5.32 Å². The number of guanidine groups is 1. The molecule has 0 atom stereocenters. The second-order valence-corrected chi connectivity index (χ2v) is 6.20. The third kappa shape index (κ3) is 3.87. The number of halogens is 1. The molecule has 3 N–H and O–H groups in total. The average molecular weight is 280 g/mol. The van der Waals surface area contributed by atoms with Gasteiger partial charge < -0.3 is 11.1 Å². The smallest absolute Gasteiger partial charge is 0.188 e. The van der Waals surface area contributed by atoms with E-state index in [1.807, 2.05) is 18.2 Å². The number of aliphatic imine (C=N–C) groups is 1. The Balaban J connectivity index is 1.97. The molecule has 1 aliphatic carbocycles. The summed E-state index contributed by atoms with van der Waals surface area (Å²) in [4.78, 5) is 4.48. The zero-order chi connectivity index (χ0) is 13.9. The van der Waals surface area contributed by atoms with E-state index in [9.17, 15) is 0 Å². The van der Waals surface area contributed by atoms with Crippen molar-refractivity contribution in [3.63, 3.8) is 0 Å². The Kier molecular flexibility index (Phi) is 4.35. The largest absolute Gasteiger partial charge is 0.370 e. The monoisotopic (exact) mass is 279 g/mol. The van der Waals surface area contributed by atoms with Crippen LogP contribution in [0.25, 0.3) is 0 Å². The van der Waals surface area contributed by atoms with E-state index in [-0.39, 0.29) is 5.41 Å². The first-order valence-corrected chi connectivity index (χ1v) is 7.19. The fourth-order valence-corrected chi connectivity index (χ4v) is 2.30. The third-order valence-electron chi connectivity index (χ3n) is 3.53. The van der Waals surface area contributed by atoms with Crippen molar-refractivity contribution < 1.29 is 0 Å². The Bertz CT molecular complexity index is 464. The SMILES string of the molecule is CC(C)CNC(N)=NCC1(c2cccc(Cl)c2)CC1. The quantitative estimate of drug-likeness (QED) is 0.643. The first-order chi connectivity index (χ1) is 9.02. The molecule has 0 radical (unpaired) electrons. The molecule has 4 heteroatoms. The molecular weight excluding hydrogens is 258 g/mol. The summed E-state index contributed by atoms with van der Waals surface area (Å²) in [5.41, 5.74) is 7.32. The van der Waals surface area contributed by atoms with Gasteiger partial charge in [-0.2, -0.15) is 0 Å². The van der Waals surface area contributed by atoms with Crippen molar-refractivity contribution in [3.05, 3.63) is 34.9 Å². The lowest BCUT2D eigenvalue weighted by Crippen LogP contribution is -2.35. The van der Waals surface area contributed by atoms with E-state index in [4.69, 9.17) is 17.3 Å². The predicted octanol–water partition coefficient (Wildman–Crippen LogP) is 2.93. The van der Waals surface area contributed by atoms with Crippen LogP contribution in [0.5, 0.6) is 0 Å². The van der Waals surface area contributed by atoms with Gasteiger partial charge in [-0.25, -0.2) is 0 Å². The van der Waals surface area contributed by atoms with Crippen molar-refractivity contribution in [1.29, 1.82) is 0 Å². The van der Waals surface area contributed by atoms with Gasteiger partial charge >= 0.3 is 0 Å². The first-order valence-electron chi connectivity index (χ1n) is 6.82. The molecule has 2 rings (SSSR count). The first kappa shape index (κ1) is 14.2. The number of nitrogens with two attached hydrogens (primary N) is 1. The summed E-state index contributed by atoms with van der Waals surface area (Å²) in [7, 11) is 0. The predicted molar refractivity (Wildman–Crippen MR) is 81.7 cm³/mol. The average Bonchev–Trinajstić information content (AvgIpc) is 3.15. The lowest BCUT2D eigenvalue weighted by molar-refractivity contribution is 0.619. The van der Waals surface area contributed by atoms with Crippen LogP contribution in [-0.4, -0.2) is 19.0 Å². The number of benzene rings is 1. The minimum Gasteiger partial charge on any atom is -0.370 e. The van der Waals surface area contributed by atoms with Gasteiger partial charge in [-0.3, -0.25) is 4.99 Å². The molecule has 1 aromatic rings. The number of hydrogen-bond acceptors (Lipinski definition) is 1. The maximum absolute atomic E-state index is 6.05. The highest BCUT2D eigenvalue weighted by Crippen LogP contribution is 2.48. The summed E-state index contributed by atoms with van der Waals surface area (Å²) in [6.07, 6.45) is 2.32. The zero-order valence-corrected chi connectivity index (χ0v) is 12.4. The summed E-state index contributed by atoms with van der Waals surface area (Å²) < 4.78 is 0. The van der Waals surface area contributed by atoms with Crippen molar-refractivity contribution in [2.24, 2.45) is 16.6 Å². The molecule has 0 spiro atoms. The Hall–Kier alpha value is -1.22. The van der Waals surface area contributed by atoms with E-state index >= 15 is 0 Å². The van der Waals surface area contributed by atoms with E-state index in [1.54, 1.807) is 0 Å². The molecule has 0 aliphatic heterocycles. The molecule has 0 saturated heterocycles. The lowest BCUT2D eigenvalue weighted by Gasteiger charge is -2.14. The molecule has 1 saturated carbocycles. The summed E-state index contributed by atoms with van der Waals surface area (Å²) in [5.74, 6) is 1.11. The van der Waals surface area contributed by atoms with Crippen LogP contribution in [0, 0.1) is 5.92 Å². The molecule has 104 valence electrons. The minimum atomic E-state index is 0.162. The molecule has 0 amide bonds. The topological polar surface area (TPSA) is 50.4 Å². The van der Waals surface area contributed by atoms with Crippen LogP contribution >= 0.6 is 11.6 Å². The number of rotatable bonds is 5. The van der Waals surface area contributed by atoms with E-state index < -0.39 is 0 Å². The van der Waals surface area contributed by atoms with Gasteiger partial charge in [-0.1, -0.05) is 37.6 Å². The van der Waals surface area contributed by atoms with Crippen LogP contribution in [0.1, 0.15) is 32.3 Å². The summed E-state index contributed by atoms with van der Waals surface area (Å²) >= 11 is 6.05. The number of nitrogens with one attached hydrogen (secondary N) is 1. The van der Waals surface area contributed by atoms with E-state index in [1.165, 1.54) is 5.56 Å². The molecule has 19 heavy (non-hydrogen) atoms. The highest BCUT2D eigenvalue weighted by molar-refractivity contribution is 6.30. The fraction of sp³-hybridized carbons (Fsp3) is 0.533. The summed E-state index contributed by atoms with van der Waals surface area (Å²) in [6, 6.07) is 8.08. The van der Waals surface area contributed by atoms with Crippen molar-refractivity contribution in [3.8, 4) is 0 Å². The Labute approximate surface area is 120 Å². The van der Waals surface area contributed by atoms with Gasteiger partial charge in [0.1, 0.15) is 0 Å². The highest BCUT2D eigenvalue weighted by Gasteiger charge is 2.44. The molecule has 1 fully saturated rings. The normalized spacial score (nSPS) is 17.6. The molecule has 3 nitrogen and oxygen atoms in total. The van der Waals surface area contributed by atoms with Gasteiger partial charge in [0.25, 0.3) is 0 Å². The van der Waals surface area contributed by atoms with Gasteiger partial charge in [-0.05, 0) is 36.5 Å². The Morgan fingerprint density at radius 2 is 2.21 bits per heavy atom. The van der Waals surface area contributed by atoms with Crippen LogP contribution < -0.4 is 11.1 Å². The van der Waals surface area contributed by atoms with Crippen molar-refractivity contribution in [2.45, 2.75) is 32.1 Å². The van der Waals surface area contributed by atoms with E-state index in [2.05, 4.69) is 30.2 Å². The minimum absolute atomic E-state index is 0.162. The highest BCUT2D eigenvalue weighted by atomic mass is 35.5. The number of hydrogen-bond donors (Lipinski definition) is 2. The zero-order valence-electron chi connectivity index (χ0n) is 11.6. The van der Waals surface area contributed by atoms with Crippen LogP contribution in [0.15, 0.2) is 29.3 Å². The molecule has 0 heterocycles. The second-order valence-electron chi connectivity index (χ2n) is 5.77. The number of nitrogens with zero attached hydrogens (tertiary/aromatic N) is 1. The van der Waals surface area contributed by atoms with Gasteiger partial charge in [0.05, 0.1) is 6.54 Å². The molecule has 0 aromatic heterocycles. The van der Waals surface area contributed by atoms with Gasteiger partial charge in [0, 0.05) is 17.0 Å². The fourth-order valence-electron chi connectivity index (χ4n) is 2.11. The van der Waals surface area contributed by atoms with Gasteiger partial charge in [-0.15, -0.1) is 0 Å². The maximum atomic E-state index is 6.05. The third-order valence-corrected chi connectivity index (χ3v) is 3.77. The van der Waals surface area contributed by atoms with Crippen LogP contribution in [0.2, 0.25) is 5.02 Å². The Morgan fingerprint density at radius 1 is 1.47 bits per heavy atom. The maximum Gasteiger partial charge on any atom is 0.188 e. The van der Waals surface area contributed by atoms with Gasteiger partial charge in [0.2, 0.25) is 0 Å². The van der Waals surface area contributed by atoms with Crippen LogP contribution in [0.3, 0.4) is 0 Å². The standard InChI is InChI=1S/C15H22ClN3/c1-11(2)9-18-14(17)19-10-15(6-7-15)12-4-3-5-13(16)8-12/h3-5,8,11H,6-7,9-10H2,1-2H3,(H3,17,18,19). The molecule has 1 aromatic carbocycles. The molecule has 1 aliphatic rings. The van der Waals surface area contributed by atoms with Crippen molar-refractivity contribution in [2.75, 3.05) is 13.1 Å². The van der Waals surface area contributed by atoms with Crippen LogP contribution in [-0.2, 0) is 5.41 Å². The van der Waals surface area contributed by atoms with E-state index in [0.29, 0.717) is 11.9 Å². The van der Waals surface area contributed by atoms with E-state index in [0.717, 1.165) is 31.0 Å². The van der Waals surface area contributed by atoms with Crippen molar-refractivity contribution >= 4 is 17.6 Å². The molecule has 0 bridgehead atoms.